The van der Waals surface area contributed by atoms with Crippen LogP contribution in [0.15, 0.2) is 6.07 Å². The first kappa shape index (κ1) is 15.0. The van der Waals surface area contributed by atoms with Gasteiger partial charge in [0.05, 0.1) is 18.6 Å². The van der Waals surface area contributed by atoms with Crippen molar-refractivity contribution in [3.8, 4) is 5.88 Å². The van der Waals surface area contributed by atoms with Gasteiger partial charge in [0.2, 0.25) is 11.8 Å². The van der Waals surface area contributed by atoms with Gasteiger partial charge in [-0.25, -0.2) is 4.98 Å². The fourth-order valence-electron chi connectivity index (χ4n) is 3.05. The molecule has 2 aliphatic heterocycles. The van der Waals surface area contributed by atoms with E-state index in [4.69, 9.17) is 9.47 Å². The minimum Gasteiger partial charge on any atom is -0.481 e. The molecule has 0 bridgehead atoms. The highest BCUT2D eigenvalue weighted by molar-refractivity contribution is 5.87. The van der Waals surface area contributed by atoms with Crippen molar-refractivity contribution >= 4 is 11.7 Å². The van der Waals surface area contributed by atoms with Gasteiger partial charge in [-0.05, 0) is 6.42 Å². The second-order valence-corrected chi connectivity index (χ2v) is 5.82. The number of hydrogen-bond donors (Lipinski definition) is 2. The summed E-state index contributed by atoms with van der Waals surface area (Å²) in [6.45, 7) is 1.69. The van der Waals surface area contributed by atoms with E-state index >= 15 is 0 Å². The van der Waals surface area contributed by atoms with E-state index in [9.17, 15) is 9.90 Å². The number of ether oxygens (including phenoxy) is 2. The molecule has 22 heavy (non-hydrogen) atoms. The van der Waals surface area contributed by atoms with Crippen LogP contribution in [0.1, 0.15) is 12.2 Å². The monoisotopic (exact) mass is 308 g/mol. The summed E-state index contributed by atoms with van der Waals surface area (Å²) < 4.78 is 10.2. The maximum Gasteiger partial charge on any atom is 0.230 e. The SMILES string of the molecule is COCc1nc(OC)cc(N2CC3(C[C@H](O)CNC3=O)C2)n1. The van der Waals surface area contributed by atoms with Gasteiger partial charge in [0.15, 0.2) is 5.82 Å². The summed E-state index contributed by atoms with van der Waals surface area (Å²) >= 11 is 0. The fourth-order valence-corrected chi connectivity index (χ4v) is 3.05. The van der Waals surface area contributed by atoms with Gasteiger partial charge in [-0.15, -0.1) is 0 Å². The van der Waals surface area contributed by atoms with Crippen molar-refractivity contribution in [1.82, 2.24) is 15.3 Å². The van der Waals surface area contributed by atoms with Crippen LogP contribution in [0.25, 0.3) is 0 Å². The van der Waals surface area contributed by atoms with Crippen LogP contribution in [0.5, 0.6) is 5.88 Å². The normalized spacial score (nSPS) is 23.1. The molecule has 1 spiro atoms. The Labute approximate surface area is 128 Å². The van der Waals surface area contributed by atoms with Crippen molar-refractivity contribution < 1.29 is 19.4 Å². The van der Waals surface area contributed by atoms with E-state index in [1.807, 2.05) is 4.90 Å². The number of β-amino-alcohol motifs (C(OH)–C–C–N with tert-alkyl or cyclic N) is 1. The number of anilines is 1. The van der Waals surface area contributed by atoms with Crippen molar-refractivity contribution in [2.75, 3.05) is 38.8 Å². The highest BCUT2D eigenvalue weighted by atomic mass is 16.5. The topological polar surface area (TPSA) is 96.8 Å². The fraction of sp³-hybridized carbons (Fsp3) is 0.643. The number of carbonyl (C=O) groups is 1. The Balaban J connectivity index is 1.76. The number of carbonyl (C=O) groups excluding carboxylic acids is 1. The van der Waals surface area contributed by atoms with Crippen LogP contribution >= 0.6 is 0 Å². The number of piperidine rings is 1. The smallest absolute Gasteiger partial charge is 0.230 e. The number of rotatable bonds is 4. The van der Waals surface area contributed by atoms with Gasteiger partial charge in [0.25, 0.3) is 0 Å². The Morgan fingerprint density at radius 1 is 1.45 bits per heavy atom. The van der Waals surface area contributed by atoms with Crippen LogP contribution in [-0.2, 0) is 16.1 Å². The van der Waals surface area contributed by atoms with Crippen LogP contribution in [-0.4, -0.2) is 60.9 Å². The molecule has 0 radical (unpaired) electrons. The molecule has 2 aliphatic rings. The lowest BCUT2D eigenvalue weighted by Crippen LogP contribution is -2.68. The number of aliphatic hydroxyl groups excluding tert-OH is 1. The zero-order chi connectivity index (χ0) is 15.7. The first-order chi connectivity index (χ1) is 10.6. The Bertz CT molecular complexity index is 574. The highest BCUT2D eigenvalue weighted by Crippen LogP contribution is 2.40. The third kappa shape index (κ3) is 2.59. The molecule has 0 aromatic carbocycles. The first-order valence-electron chi connectivity index (χ1n) is 7.18. The predicted octanol–water partition coefficient (Wildman–Crippen LogP) is -0.681. The standard InChI is InChI=1S/C14H20N4O4/c1-21-6-10-16-11(3-12(17-10)22-2)18-7-14(8-18)4-9(19)5-15-13(14)20/h3,9,19H,4-8H2,1-2H3,(H,15,20)/t9-/m0/s1. The predicted molar refractivity (Wildman–Crippen MR) is 77.6 cm³/mol. The zero-order valence-corrected chi connectivity index (χ0v) is 12.7. The Morgan fingerprint density at radius 3 is 2.91 bits per heavy atom. The largest absolute Gasteiger partial charge is 0.481 e. The summed E-state index contributed by atoms with van der Waals surface area (Å²) in [4.78, 5) is 22.7. The number of amides is 1. The van der Waals surface area contributed by atoms with Crippen molar-refractivity contribution in [3.05, 3.63) is 11.9 Å². The van der Waals surface area contributed by atoms with E-state index in [2.05, 4.69) is 15.3 Å². The average molecular weight is 308 g/mol. The quantitative estimate of drug-likeness (QED) is 0.760. The lowest BCUT2D eigenvalue weighted by Gasteiger charge is -2.52. The zero-order valence-electron chi connectivity index (χ0n) is 12.7. The first-order valence-corrected chi connectivity index (χ1v) is 7.18. The minimum atomic E-state index is -0.517. The Kier molecular flexibility index (Phi) is 3.88. The molecule has 3 rings (SSSR count). The number of nitrogens with zero attached hydrogens (tertiary/aromatic N) is 3. The molecule has 3 heterocycles. The van der Waals surface area contributed by atoms with Gasteiger partial charge in [-0.3, -0.25) is 4.79 Å². The van der Waals surface area contributed by atoms with Gasteiger partial charge in [-0.2, -0.15) is 4.98 Å². The molecular weight excluding hydrogens is 288 g/mol. The third-order valence-corrected chi connectivity index (χ3v) is 4.14. The average Bonchev–Trinajstić information content (AvgIpc) is 2.47. The molecule has 0 aliphatic carbocycles. The molecule has 0 saturated carbocycles. The summed E-state index contributed by atoms with van der Waals surface area (Å²) in [7, 11) is 3.13. The van der Waals surface area contributed by atoms with Gasteiger partial charge in [-0.1, -0.05) is 0 Å². The molecular formula is C14H20N4O4. The van der Waals surface area contributed by atoms with Crippen molar-refractivity contribution in [2.24, 2.45) is 5.41 Å². The summed E-state index contributed by atoms with van der Waals surface area (Å²) in [6, 6.07) is 1.74. The number of aliphatic hydroxyl groups is 1. The van der Waals surface area contributed by atoms with Gasteiger partial charge < -0.3 is 24.8 Å². The lowest BCUT2D eigenvalue weighted by molar-refractivity contribution is -0.139. The lowest BCUT2D eigenvalue weighted by atomic mass is 9.72. The van der Waals surface area contributed by atoms with Crippen molar-refractivity contribution in [1.29, 1.82) is 0 Å². The number of hydrogen-bond acceptors (Lipinski definition) is 7. The number of methoxy groups -OCH3 is 2. The molecule has 8 nitrogen and oxygen atoms in total. The van der Waals surface area contributed by atoms with Crippen LogP contribution in [0.4, 0.5) is 5.82 Å². The molecule has 1 aromatic heterocycles. The van der Waals surface area contributed by atoms with Crippen molar-refractivity contribution in [3.63, 3.8) is 0 Å². The molecule has 0 unspecified atom stereocenters. The maximum atomic E-state index is 12.1. The molecule has 120 valence electrons. The number of nitrogens with one attached hydrogen (secondary N) is 1. The summed E-state index contributed by atoms with van der Waals surface area (Å²) in [6.07, 6.45) is 0.00601. The molecule has 2 fully saturated rings. The Hall–Kier alpha value is -1.93. The van der Waals surface area contributed by atoms with E-state index in [1.54, 1.807) is 20.3 Å². The molecule has 2 saturated heterocycles. The van der Waals surface area contributed by atoms with E-state index in [0.29, 0.717) is 50.2 Å². The summed E-state index contributed by atoms with van der Waals surface area (Å²) in [5, 5.41) is 12.5. The van der Waals surface area contributed by atoms with Crippen LogP contribution in [0.2, 0.25) is 0 Å². The van der Waals surface area contributed by atoms with E-state index in [0.717, 1.165) is 0 Å². The maximum absolute atomic E-state index is 12.1. The molecule has 1 atom stereocenters. The van der Waals surface area contributed by atoms with Crippen LogP contribution < -0.4 is 15.0 Å². The van der Waals surface area contributed by atoms with Gasteiger partial charge in [0, 0.05) is 32.8 Å². The van der Waals surface area contributed by atoms with Crippen LogP contribution in [0, 0.1) is 5.41 Å². The van der Waals surface area contributed by atoms with E-state index in [-0.39, 0.29) is 5.91 Å². The number of aromatic nitrogens is 2. The third-order valence-electron chi connectivity index (χ3n) is 4.14. The van der Waals surface area contributed by atoms with Crippen LogP contribution in [0.3, 0.4) is 0 Å². The van der Waals surface area contributed by atoms with Gasteiger partial charge in [0.1, 0.15) is 12.4 Å². The molecule has 1 aromatic rings. The summed E-state index contributed by atoms with van der Waals surface area (Å²) in [5.41, 5.74) is -0.517. The highest BCUT2D eigenvalue weighted by Gasteiger charge is 2.52. The summed E-state index contributed by atoms with van der Waals surface area (Å²) in [5.74, 6) is 1.71. The van der Waals surface area contributed by atoms with Gasteiger partial charge >= 0.3 is 0 Å². The van der Waals surface area contributed by atoms with E-state index in [1.165, 1.54) is 0 Å². The minimum absolute atomic E-state index is 0.00665. The molecule has 1 amide bonds. The molecule has 8 heteroatoms. The second-order valence-electron chi connectivity index (χ2n) is 5.82. The second kappa shape index (κ2) is 5.69. The van der Waals surface area contributed by atoms with Crippen molar-refractivity contribution in [2.45, 2.75) is 19.1 Å². The van der Waals surface area contributed by atoms with E-state index < -0.39 is 11.5 Å². The molecule has 2 N–H and O–H groups in total. The Morgan fingerprint density at radius 2 is 2.23 bits per heavy atom.